The van der Waals surface area contributed by atoms with Gasteiger partial charge in [-0.15, -0.1) is 0 Å². The second-order valence-electron chi connectivity index (χ2n) is 5.49. The van der Waals surface area contributed by atoms with Gasteiger partial charge in [0.1, 0.15) is 0 Å². The third-order valence-corrected chi connectivity index (χ3v) is 3.18. The van der Waals surface area contributed by atoms with Crippen molar-refractivity contribution in [2.75, 3.05) is 5.32 Å². The van der Waals surface area contributed by atoms with Crippen molar-refractivity contribution in [3.05, 3.63) is 34.4 Å². The lowest BCUT2D eigenvalue weighted by Crippen LogP contribution is -2.43. The maximum Gasteiger partial charge on any atom is 0.271 e. The minimum absolute atomic E-state index is 0.0386. The Morgan fingerprint density at radius 1 is 1.42 bits per heavy atom. The molecule has 1 atom stereocenters. The molecular formula is C13H19N3O2S. The summed E-state index contributed by atoms with van der Waals surface area (Å²) in [5, 5.41) is 17.3. The predicted molar refractivity (Wildman–Crippen MR) is 81.4 cm³/mol. The van der Waals surface area contributed by atoms with E-state index >= 15 is 0 Å². The molecule has 0 saturated heterocycles. The molecule has 0 aromatic heterocycles. The molecular weight excluding hydrogens is 262 g/mol. The summed E-state index contributed by atoms with van der Waals surface area (Å²) in [6.07, 6.45) is 0. The van der Waals surface area contributed by atoms with Crippen molar-refractivity contribution in [3.8, 4) is 0 Å². The Morgan fingerprint density at radius 2 is 2.05 bits per heavy atom. The number of hydrogen-bond donors (Lipinski definition) is 2. The maximum absolute atomic E-state index is 10.7. The van der Waals surface area contributed by atoms with E-state index in [1.807, 2.05) is 6.92 Å². The number of anilines is 1. The second kappa shape index (κ2) is 5.97. The number of thiocarbonyl (C=S) groups is 1. The fourth-order valence-electron chi connectivity index (χ4n) is 1.28. The molecule has 0 saturated carbocycles. The molecule has 0 aliphatic rings. The molecule has 0 amide bonds. The van der Waals surface area contributed by atoms with Gasteiger partial charge >= 0.3 is 0 Å². The molecule has 0 bridgehead atoms. The zero-order valence-corrected chi connectivity index (χ0v) is 12.4. The lowest BCUT2D eigenvalue weighted by atomic mass is 9.88. The highest BCUT2D eigenvalue weighted by molar-refractivity contribution is 7.80. The molecule has 1 aromatic carbocycles. The smallest absolute Gasteiger partial charge is 0.271 e. The number of hydrogen-bond acceptors (Lipinski definition) is 3. The topological polar surface area (TPSA) is 67.2 Å². The van der Waals surface area contributed by atoms with Crippen molar-refractivity contribution in [2.45, 2.75) is 33.7 Å². The second-order valence-corrected chi connectivity index (χ2v) is 5.90. The zero-order chi connectivity index (χ0) is 14.6. The first-order chi connectivity index (χ1) is 8.70. The average Bonchev–Trinajstić information content (AvgIpc) is 2.27. The Kier molecular flexibility index (Phi) is 4.83. The minimum atomic E-state index is -0.431. The van der Waals surface area contributed by atoms with E-state index in [9.17, 15) is 10.1 Å². The number of nitrogens with zero attached hydrogens (tertiary/aromatic N) is 1. The van der Waals surface area contributed by atoms with E-state index in [1.165, 1.54) is 12.1 Å². The van der Waals surface area contributed by atoms with Crippen molar-refractivity contribution < 1.29 is 4.92 Å². The summed E-state index contributed by atoms with van der Waals surface area (Å²) < 4.78 is 0. The normalized spacial score (nSPS) is 12.6. The van der Waals surface area contributed by atoms with Crippen molar-refractivity contribution in [1.29, 1.82) is 0 Å². The van der Waals surface area contributed by atoms with Gasteiger partial charge in [0.15, 0.2) is 5.11 Å². The number of rotatable bonds is 3. The van der Waals surface area contributed by atoms with Crippen molar-refractivity contribution in [1.82, 2.24) is 5.32 Å². The van der Waals surface area contributed by atoms with E-state index in [4.69, 9.17) is 12.2 Å². The Morgan fingerprint density at radius 3 is 2.58 bits per heavy atom. The van der Waals surface area contributed by atoms with Gasteiger partial charge < -0.3 is 10.6 Å². The number of nitro benzene ring substituents is 1. The SMILES string of the molecule is CC(NC(=S)Nc1cccc([N+](=O)[O-])c1)C(C)(C)C. The van der Waals surface area contributed by atoms with E-state index in [2.05, 4.69) is 31.4 Å². The molecule has 104 valence electrons. The quantitative estimate of drug-likeness (QED) is 0.505. The summed E-state index contributed by atoms with van der Waals surface area (Å²) in [4.78, 5) is 10.2. The van der Waals surface area contributed by atoms with Crippen LogP contribution in [0.15, 0.2) is 24.3 Å². The summed E-state index contributed by atoms with van der Waals surface area (Å²) in [7, 11) is 0. The van der Waals surface area contributed by atoms with Gasteiger partial charge in [0.2, 0.25) is 0 Å². The van der Waals surface area contributed by atoms with E-state index in [1.54, 1.807) is 12.1 Å². The van der Waals surface area contributed by atoms with Crippen LogP contribution in [0.1, 0.15) is 27.7 Å². The van der Waals surface area contributed by atoms with Crippen LogP contribution in [0, 0.1) is 15.5 Å². The molecule has 0 radical (unpaired) electrons. The van der Waals surface area contributed by atoms with Gasteiger partial charge in [-0.05, 0) is 30.6 Å². The van der Waals surface area contributed by atoms with Crippen molar-refractivity contribution in [2.24, 2.45) is 5.41 Å². The van der Waals surface area contributed by atoms with Gasteiger partial charge in [-0.25, -0.2) is 0 Å². The lowest BCUT2D eigenvalue weighted by molar-refractivity contribution is -0.384. The fraction of sp³-hybridized carbons (Fsp3) is 0.462. The Bertz CT molecular complexity index is 483. The van der Waals surface area contributed by atoms with Gasteiger partial charge in [-0.3, -0.25) is 10.1 Å². The van der Waals surface area contributed by atoms with Crippen LogP contribution in [0.4, 0.5) is 11.4 Å². The van der Waals surface area contributed by atoms with Crippen LogP contribution in [0.25, 0.3) is 0 Å². The summed E-state index contributed by atoms with van der Waals surface area (Å²) in [6.45, 7) is 8.38. The molecule has 0 aliphatic carbocycles. The van der Waals surface area contributed by atoms with E-state index < -0.39 is 4.92 Å². The molecule has 19 heavy (non-hydrogen) atoms. The fourth-order valence-corrected chi connectivity index (χ4v) is 1.57. The monoisotopic (exact) mass is 281 g/mol. The minimum Gasteiger partial charge on any atom is -0.359 e. The lowest BCUT2D eigenvalue weighted by Gasteiger charge is -2.29. The highest BCUT2D eigenvalue weighted by Crippen LogP contribution is 2.19. The van der Waals surface area contributed by atoms with Gasteiger partial charge in [0.05, 0.1) is 4.92 Å². The van der Waals surface area contributed by atoms with Crippen LogP contribution in [0.2, 0.25) is 0 Å². The average molecular weight is 281 g/mol. The number of nitrogens with one attached hydrogen (secondary N) is 2. The standard InChI is InChI=1S/C13H19N3O2S/c1-9(13(2,3)4)14-12(19)15-10-6-5-7-11(8-10)16(17)18/h5-9H,1-4H3,(H2,14,15,19). The molecule has 6 heteroatoms. The van der Waals surface area contributed by atoms with Crippen molar-refractivity contribution >= 4 is 28.7 Å². The third kappa shape index (κ3) is 4.82. The molecule has 5 nitrogen and oxygen atoms in total. The summed E-state index contributed by atoms with van der Waals surface area (Å²) in [5.74, 6) is 0. The Hall–Kier alpha value is -1.69. The van der Waals surface area contributed by atoms with E-state index in [0.29, 0.717) is 10.8 Å². The van der Waals surface area contributed by atoms with Gasteiger partial charge in [0.25, 0.3) is 5.69 Å². The van der Waals surface area contributed by atoms with Gasteiger partial charge in [0, 0.05) is 23.9 Å². The molecule has 1 rings (SSSR count). The van der Waals surface area contributed by atoms with Crippen molar-refractivity contribution in [3.63, 3.8) is 0 Å². The molecule has 1 aromatic rings. The number of benzene rings is 1. The third-order valence-electron chi connectivity index (χ3n) is 2.96. The van der Waals surface area contributed by atoms with E-state index in [-0.39, 0.29) is 17.1 Å². The zero-order valence-electron chi connectivity index (χ0n) is 11.6. The predicted octanol–water partition coefficient (Wildman–Crippen LogP) is 3.32. The first-order valence-electron chi connectivity index (χ1n) is 6.02. The summed E-state index contributed by atoms with van der Waals surface area (Å²) in [5.41, 5.74) is 0.721. The van der Waals surface area contributed by atoms with Gasteiger partial charge in [-0.2, -0.15) is 0 Å². The molecule has 0 fully saturated rings. The van der Waals surface area contributed by atoms with Gasteiger partial charge in [-0.1, -0.05) is 26.8 Å². The van der Waals surface area contributed by atoms with Crippen LogP contribution >= 0.6 is 12.2 Å². The first-order valence-corrected chi connectivity index (χ1v) is 6.43. The molecule has 2 N–H and O–H groups in total. The van der Waals surface area contributed by atoms with Crippen LogP contribution in [-0.2, 0) is 0 Å². The summed E-state index contributed by atoms with van der Waals surface area (Å²) in [6, 6.07) is 6.44. The highest BCUT2D eigenvalue weighted by Gasteiger charge is 2.20. The molecule has 1 unspecified atom stereocenters. The Balaban J connectivity index is 2.67. The number of nitro groups is 1. The maximum atomic E-state index is 10.7. The van der Waals surface area contributed by atoms with Crippen LogP contribution in [0.3, 0.4) is 0 Å². The summed E-state index contributed by atoms with van der Waals surface area (Å²) >= 11 is 5.20. The number of non-ortho nitro benzene ring substituents is 1. The van der Waals surface area contributed by atoms with Crippen LogP contribution < -0.4 is 10.6 Å². The largest absolute Gasteiger partial charge is 0.359 e. The molecule has 0 spiro atoms. The van der Waals surface area contributed by atoms with E-state index in [0.717, 1.165) is 0 Å². The highest BCUT2D eigenvalue weighted by atomic mass is 32.1. The first kappa shape index (κ1) is 15.4. The Labute approximate surface area is 118 Å². The van der Waals surface area contributed by atoms with Crippen LogP contribution in [-0.4, -0.2) is 16.1 Å². The molecule has 0 heterocycles. The van der Waals surface area contributed by atoms with Crippen LogP contribution in [0.5, 0.6) is 0 Å². The molecule has 0 aliphatic heterocycles.